The highest BCUT2D eigenvalue weighted by molar-refractivity contribution is 6.46. The van der Waals surface area contributed by atoms with Crippen LogP contribution in [0.15, 0.2) is 54.1 Å². The van der Waals surface area contributed by atoms with Crippen LogP contribution in [0.2, 0.25) is 0 Å². The van der Waals surface area contributed by atoms with Gasteiger partial charge in [0.15, 0.2) is 0 Å². The van der Waals surface area contributed by atoms with Gasteiger partial charge in [0, 0.05) is 17.2 Å². The first-order chi connectivity index (χ1) is 13.5. The molecule has 1 unspecified atom stereocenters. The predicted molar refractivity (Wildman–Crippen MR) is 101 cm³/mol. The molecule has 0 aromatic heterocycles. The van der Waals surface area contributed by atoms with Gasteiger partial charge in [-0.3, -0.25) is 9.59 Å². The maximum atomic E-state index is 12.7. The Hall–Kier alpha value is -3.79. The van der Waals surface area contributed by atoms with Crippen LogP contribution in [0.4, 0.5) is 0 Å². The summed E-state index contributed by atoms with van der Waals surface area (Å²) in [5.41, 5.74) is 0.778. The van der Waals surface area contributed by atoms with Gasteiger partial charge in [-0.2, -0.15) is 5.26 Å². The number of hydrogen-bond acceptors (Lipinski definition) is 6. The number of aliphatic hydroxyl groups is 1. The summed E-state index contributed by atoms with van der Waals surface area (Å²) in [6, 6.07) is 14.3. The molecule has 1 fully saturated rings. The van der Waals surface area contributed by atoms with Gasteiger partial charge in [0.05, 0.1) is 31.9 Å². The van der Waals surface area contributed by atoms with Crippen molar-refractivity contribution in [2.24, 2.45) is 0 Å². The number of likely N-dealkylation sites (tertiary alicyclic amines) is 1. The standard InChI is InChI=1S/C21H18N2O5/c1-27-14-8-9-15(16(12-14)28-2)18-17(19(24)13-6-4-3-5-7-13)20(25)21(26)23(18)11-10-22/h3-9,12,18,24H,11H2,1-2H3. The molecule has 142 valence electrons. The van der Waals surface area contributed by atoms with Crippen LogP contribution in [0, 0.1) is 11.3 Å². The zero-order chi connectivity index (χ0) is 20.3. The molecule has 7 heteroatoms. The number of amides is 1. The van der Waals surface area contributed by atoms with Crippen LogP contribution in [0.3, 0.4) is 0 Å². The van der Waals surface area contributed by atoms with Gasteiger partial charge < -0.3 is 19.5 Å². The van der Waals surface area contributed by atoms with E-state index in [1.807, 2.05) is 6.07 Å². The Morgan fingerprint density at radius 2 is 1.86 bits per heavy atom. The van der Waals surface area contributed by atoms with E-state index in [-0.39, 0.29) is 17.9 Å². The summed E-state index contributed by atoms with van der Waals surface area (Å²) in [7, 11) is 2.96. The van der Waals surface area contributed by atoms with Crippen molar-refractivity contribution in [2.45, 2.75) is 6.04 Å². The van der Waals surface area contributed by atoms with E-state index in [9.17, 15) is 14.7 Å². The van der Waals surface area contributed by atoms with Crippen molar-refractivity contribution in [1.82, 2.24) is 4.90 Å². The lowest BCUT2D eigenvalue weighted by Crippen LogP contribution is -2.30. The number of ketones is 1. The highest BCUT2D eigenvalue weighted by atomic mass is 16.5. The Kier molecular flexibility index (Phi) is 5.32. The molecule has 0 aliphatic carbocycles. The Labute approximate surface area is 162 Å². The molecule has 1 heterocycles. The fourth-order valence-corrected chi connectivity index (χ4v) is 3.24. The first kappa shape index (κ1) is 19.0. The number of carbonyl (C=O) groups excluding carboxylic acids is 2. The van der Waals surface area contributed by atoms with Crippen molar-refractivity contribution in [3.8, 4) is 17.6 Å². The SMILES string of the molecule is COc1ccc(C2C(=C(O)c3ccccc3)C(=O)C(=O)N2CC#N)c(OC)c1. The molecule has 3 rings (SSSR count). The van der Waals surface area contributed by atoms with Crippen molar-refractivity contribution in [1.29, 1.82) is 5.26 Å². The molecule has 2 aromatic carbocycles. The number of nitriles is 1. The lowest BCUT2D eigenvalue weighted by molar-refractivity contribution is -0.139. The molecule has 1 aliphatic heterocycles. The number of nitrogens with zero attached hydrogens (tertiary/aromatic N) is 2. The average Bonchev–Trinajstić information content (AvgIpc) is 2.98. The van der Waals surface area contributed by atoms with Gasteiger partial charge in [0.1, 0.15) is 23.8 Å². The molecular formula is C21H18N2O5. The summed E-state index contributed by atoms with van der Waals surface area (Å²) in [4.78, 5) is 26.4. The molecule has 7 nitrogen and oxygen atoms in total. The normalized spacial score (nSPS) is 18.0. The Morgan fingerprint density at radius 3 is 2.46 bits per heavy atom. The predicted octanol–water partition coefficient (Wildman–Crippen LogP) is 2.65. The third-order valence-corrected chi connectivity index (χ3v) is 4.56. The molecule has 0 spiro atoms. The van der Waals surface area contributed by atoms with Gasteiger partial charge in [0.25, 0.3) is 11.7 Å². The lowest BCUT2D eigenvalue weighted by atomic mass is 9.94. The maximum absolute atomic E-state index is 12.7. The average molecular weight is 378 g/mol. The molecule has 1 N–H and O–H groups in total. The molecule has 0 saturated carbocycles. The van der Waals surface area contributed by atoms with Crippen LogP contribution >= 0.6 is 0 Å². The van der Waals surface area contributed by atoms with E-state index in [4.69, 9.17) is 14.7 Å². The van der Waals surface area contributed by atoms with Crippen LogP contribution < -0.4 is 9.47 Å². The minimum Gasteiger partial charge on any atom is -0.507 e. The van der Waals surface area contributed by atoms with E-state index in [1.165, 1.54) is 14.2 Å². The molecule has 0 radical (unpaired) electrons. The summed E-state index contributed by atoms with van der Waals surface area (Å²) in [6.45, 7) is -0.310. The second-order valence-electron chi connectivity index (χ2n) is 6.06. The lowest BCUT2D eigenvalue weighted by Gasteiger charge is -2.24. The number of rotatable bonds is 5. The summed E-state index contributed by atoms with van der Waals surface area (Å²) in [6.07, 6.45) is 0. The van der Waals surface area contributed by atoms with Crippen molar-refractivity contribution in [3.05, 3.63) is 65.2 Å². The molecule has 28 heavy (non-hydrogen) atoms. The molecular weight excluding hydrogens is 360 g/mol. The first-order valence-corrected chi connectivity index (χ1v) is 8.46. The molecule has 0 bridgehead atoms. The Balaban J connectivity index is 2.25. The van der Waals surface area contributed by atoms with Crippen molar-refractivity contribution in [3.63, 3.8) is 0 Å². The van der Waals surface area contributed by atoms with E-state index in [0.29, 0.717) is 22.6 Å². The highest BCUT2D eigenvalue weighted by Crippen LogP contribution is 2.43. The van der Waals surface area contributed by atoms with Gasteiger partial charge >= 0.3 is 0 Å². The minimum atomic E-state index is -0.958. The van der Waals surface area contributed by atoms with E-state index >= 15 is 0 Å². The van der Waals surface area contributed by atoms with Gasteiger partial charge in [-0.15, -0.1) is 0 Å². The molecule has 1 atom stereocenters. The molecule has 2 aromatic rings. The number of methoxy groups -OCH3 is 2. The maximum Gasteiger partial charge on any atom is 0.296 e. The van der Waals surface area contributed by atoms with E-state index in [1.54, 1.807) is 48.5 Å². The van der Waals surface area contributed by atoms with E-state index < -0.39 is 17.7 Å². The highest BCUT2D eigenvalue weighted by Gasteiger charge is 2.47. The van der Waals surface area contributed by atoms with E-state index in [0.717, 1.165) is 4.90 Å². The molecule has 1 saturated heterocycles. The smallest absolute Gasteiger partial charge is 0.296 e. The van der Waals surface area contributed by atoms with Gasteiger partial charge in [0.2, 0.25) is 0 Å². The molecule has 1 aliphatic rings. The summed E-state index contributed by atoms with van der Waals surface area (Å²) in [5, 5.41) is 20.0. The fraction of sp³-hybridized carbons (Fsp3) is 0.190. The fourth-order valence-electron chi connectivity index (χ4n) is 3.24. The zero-order valence-electron chi connectivity index (χ0n) is 15.4. The number of benzene rings is 2. The molecule has 1 amide bonds. The Morgan fingerprint density at radius 1 is 1.14 bits per heavy atom. The monoisotopic (exact) mass is 378 g/mol. The second-order valence-corrected chi connectivity index (χ2v) is 6.06. The summed E-state index contributed by atoms with van der Waals surface area (Å²) in [5.74, 6) is -1.10. The van der Waals surface area contributed by atoms with Gasteiger partial charge in [-0.1, -0.05) is 30.3 Å². The van der Waals surface area contributed by atoms with Crippen LogP contribution in [-0.2, 0) is 9.59 Å². The van der Waals surface area contributed by atoms with Crippen LogP contribution in [-0.4, -0.2) is 42.5 Å². The third kappa shape index (κ3) is 3.16. The van der Waals surface area contributed by atoms with Crippen LogP contribution in [0.1, 0.15) is 17.2 Å². The first-order valence-electron chi connectivity index (χ1n) is 8.46. The number of hydrogen-bond donors (Lipinski definition) is 1. The topological polar surface area (TPSA) is 99.9 Å². The van der Waals surface area contributed by atoms with Gasteiger partial charge in [-0.05, 0) is 12.1 Å². The van der Waals surface area contributed by atoms with E-state index in [2.05, 4.69) is 0 Å². The minimum absolute atomic E-state index is 0.0880. The largest absolute Gasteiger partial charge is 0.507 e. The number of aliphatic hydroxyl groups excluding tert-OH is 1. The van der Waals surface area contributed by atoms with Gasteiger partial charge in [-0.25, -0.2) is 0 Å². The summed E-state index contributed by atoms with van der Waals surface area (Å²) >= 11 is 0. The van der Waals surface area contributed by atoms with Crippen LogP contribution in [0.25, 0.3) is 5.76 Å². The quantitative estimate of drug-likeness (QED) is 0.372. The second kappa shape index (κ2) is 7.84. The number of ether oxygens (including phenoxy) is 2. The van der Waals surface area contributed by atoms with Crippen molar-refractivity contribution < 1.29 is 24.2 Å². The number of Topliss-reactive ketones (excluding diaryl/α,β-unsaturated/α-hetero) is 1. The zero-order valence-corrected chi connectivity index (χ0v) is 15.4. The summed E-state index contributed by atoms with van der Waals surface area (Å²) < 4.78 is 10.6. The van der Waals surface area contributed by atoms with Crippen molar-refractivity contribution >= 4 is 17.4 Å². The van der Waals surface area contributed by atoms with Crippen LogP contribution in [0.5, 0.6) is 11.5 Å². The third-order valence-electron chi connectivity index (χ3n) is 4.56. The number of carbonyl (C=O) groups is 2. The Bertz CT molecular complexity index is 992. The van der Waals surface area contributed by atoms with Crippen molar-refractivity contribution in [2.75, 3.05) is 20.8 Å².